The summed E-state index contributed by atoms with van der Waals surface area (Å²) in [7, 11) is -3.78. The molecule has 1 atom stereocenters. The molecule has 3 rings (SSSR count). The van der Waals surface area contributed by atoms with Crippen molar-refractivity contribution in [1.29, 1.82) is 0 Å². The van der Waals surface area contributed by atoms with Crippen LogP contribution in [0.1, 0.15) is 26.7 Å². The van der Waals surface area contributed by atoms with Gasteiger partial charge in [0, 0.05) is 29.8 Å². The van der Waals surface area contributed by atoms with Crippen LogP contribution in [0.4, 0.5) is 11.4 Å². The van der Waals surface area contributed by atoms with Gasteiger partial charge in [-0.1, -0.05) is 13.8 Å². The third-order valence-corrected chi connectivity index (χ3v) is 5.87. The van der Waals surface area contributed by atoms with E-state index < -0.39 is 10.0 Å². The Morgan fingerprint density at radius 3 is 2.36 bits per heavy atom. The van der Waals surface area contributed by atoms with Crippen molar-refractivity contribution in [3.8, 4) is 11.5 Å². The quantitative estimate of drug-likeness (QED) is 0.767. The van der Waals surface area contributed by atoms with E-state index >= 15 is 0 Å². The van der Waals surface area contributed by atoms with Gasteiger partial charge < -0.3 is 14.8 Å². The number of hydrogen-bond acceptors (Lipinski definition) is 5. The van der Waals surface area contributed by atoms with Crippen LogP contribution in [-0.2, 0) is 14.8 Å². The molecule has 1 amide bonds. The molecular weight excluding hydrogens is 380 g/mol. The summed E-state index contributed by atoms with van der Waals surface area (Å²) >= 11 is 0. The number of sulfonamides is 1. The minimum Gasteiger partial charge on any atom is -0.490 e. The molecule has 2 aromatic carbocycles. The molecule has 0 aromatic heterocycles. The summed E-state index contributed by atoms with van der Waals surface area (Å²) in [5.74, 6) is 0.807. The van der Waals surface area contributed by atoms with Crippen LogP contribution in [0.25, 0.3) is 0 Å². The first kappa shape index (κ1) is 20.0. The van der Waals surface area contributed by atoms with E-state index in [4.69, 9.17) is 9.47 Å². The molecule has 8 heteroatoms. The standard InChI is InChI=1S/C20H24N2O5S/c1-3-14(2)20(23)21-15-5-7-16(8-6-15)22-28(24,25)17-9-10-18-19(13-17)27-12-4-11-26-18/h5-10,13-14,22H,3-4,11-12H2,1-2H3,(H,21,23). The molecule has 2 N–H and O–H groups in total. The first-order chi connectivity index (χ1) is 13.4. The Bertz CT molecular complexity index is 942. The van der Waals surface area contributed by atoms with E-state index in [1.54, 1.807) is 30.3 Å². The fourth-order valence-electron chi connectivity index (χ4n) is 2.60. The van der Waals surface area contributed by atoms with Crippen molar-refractivity contribution in [3.63, 3.8) is 0 Å². The first-order valence-electron chi connectivity index (χ1n) is 9.22. The van der Waals surface area contributed by atoms with Gasteiger partial charge in [0.25, 0.3) is 10.0 Å². The smallest absolute Gasteiger partial charge is 0.262 e. The highest BCUT2D eigenvalue weighted by molar-refractivity contribution is 7.92. The molecule has 0 bridgehead atoms. The zero-order chi connectivity index (χ0) is 20.1. The van der Waals surface area contributed by atoms with Crippen molar-refractivity contribution in [1.82, 2.24) is 0 Å². The SMILES string of the molecule is CCC(C)C(=O)Nc1ccc(NS(=O)(=O)c2ccc3c(c2)OCCCO3)cc1. The Morgan fingerprint density at radius 1 is 1.04 bits per heavy atom. The van der Waals surface area contributed by atoms with Crippen LogP contribution in [0.15, 0.2) is 47.4 Å². The Balaban J connectivity index is 1.72. The molecule has 0 radical (unpaired) electrons. The van der Waals surface area contributed by atoms with E-state index in [2.05, 4.69) is 10.0 Å². The second kappa shape index (κ2) is 8.52. The average Bonchev–Trinajstić information content (AvgIpc) is 2.93. The zero-order valence-electron chi connectivity index (χ0n) is 15.9. The van der Waals surface area contributed by atoms with Gasteiger partial charge in [0.1, 0.15) is 0 Å². The van der Waals surface area contributed by atoms with Crippen LogP contribution < -0.4 is 19.5 Å². The molecule has 28 heavy (non-hydrogen) atoms. The lowest BCUT2D eigenvalue weighted by Gasteiger charge is -2.13. The number of rotatable bonds is 6. The molecule has 0 fully saturated rings. The molecule has 1 unspecified atom stereocenters. The third kappa shape index (κ3) is 4.75. The van der Waals surface area contributed by atoms with Gasteiger partial charge in [-0.2, -0.15) is 0 Å². The van der Waals surface area contributed by atoms with E-state index in [1.807, 2.05) is 13.8 Å². The molecular formula is C20H24N2O5S. The third-order valence-electron chi connectivity index (χ3n) is 4.49. The highest BCUT2D eigenvalue weighted by Gasteiger charge is 2.19. The van der Waals surface area contributed by atoms with Gasteiger partial charge in [-0.25, -0.2) is 8.42 Å². The molecule has 7 nitrogen and oxygen atoms in total. The van der Waals surface area contributed by atoms with Gasteiger partial charge in [-0.05, 0) is 42.8 Å². The minimum absolute atomic E-state index is 0.0666. The minimum atomic E-state index is -3.78. The monoisotopic (exact) mass is 404 g/mol. The number of carbonyl (C=O) groups is 1. The van der Waals surface area contributed by atoms with Crippen molar-refractivity contribution < 1.29 is 22.7 Å². The number of amides is 1. The number of benzene rings is 2. The second-order valence-corrected chi connectivity index (χ2v) is 8.32. The van der Waals surface area contributed by atoms with Gasteiger partial charge in [-0.3, -0.25) is 9.52 Å². The Morgan fingerprint density at radius 2 is 1.68 bits per heavy atom. The number of fused-ring (bicyclic) bond motifs is 1. The number of nitrogens with one attached hydrogen (secondary N) is 2. The van der Waals surface area contributed by atoms with Crippen molar-refractivity contribution in [2.24, 2.45) is 5.92 Å². The lowest BCUT2D eigenvalue weighted by atomic mass is 10.1. The van der Waals surface area contributed by atoms with Crippen LogP contribution in [0.3, 0.4) is 0 Å². The van der Waals surface area contributed by atoms with Gasteiger partial charge in [0.05, 0.1) is 18.1 Å². The maximum Gasteiger partial charge on any atom is 0.262 e. The first-order valence-corrected chi connectivity index (χ1v) is 10.7. The Hall–Kier alpha value is -2.74. The lowest BCUT2D eigenvalue weighted by Crippen LogP contribution is -2.19. The molecule has 2 aromatic rings. The largest absolute Gasteiger partial charge is 0.490 e. The summed E-state index contributed by atoms with van der Waals surface area (Å²) in [4.78, 5) is 12.0. The van der Waals surface area contributed by atoms with E-state index in [-0.39, 0.29) is 16.7 Å². The Kier molecular flexibility index (Phi) is 6.08. The van der Waals surface area contributed by atoms with Crippen molar-refractivity contribution >= 4 is 27.3 Å². The van der Waals surface area contributed by atoms with Crippen molar-refractivity contribution in [2.75, 3.05) is 23.3 Å². The van der Waals surface area contributed by atoms with E-state index in [0.29, 0.717) is 36.1 Å². The molecule has 1 aliphatic rings. The summed E-state index contributed by atoms with van der Waals surface area (Å²) in [6, 6.07) is 11.1. The van der Waals surface area contributed by atoms with Crippen LogP contribution in [0.2, 0.25) is 0 Å². The summed E-state index contributed by atoms with van der Waals surface area (Å²) < 4.78 is 39.0. The van der Waals surface area contributed by atoms with Gasteiger partial charge in [0.15, 0.2) is 11.5 Å². The number of hydrogen-bond donors (Lipinski definition) is 2. The predicted octanol–water partition coefficient (Wildman–Crippen LogP) is 3.63. The molecule has 1 heterocycles. The topological polar surface area (TPSA) is 93.7 Å². The maximum absolute atomic E-state index is 12.7. The summed E-state index contributed by atoms with van der Waals surface area (Å²) in [6.45, 7) is 4.82. The lowest BCUT2D eigenvalue weighted by molar-refractivity contribution is -0.119. The van der Waals surface area contributed by atoms with Gasteiger partial charge >= 0.3 is 0 Å². The van der Waals surface area contributed by atoms with Crippen molar-refractivity contribution in [2.45, 2.75) is 31.6 Å². The average molecular weight is 404 g/mol. The van der Waals surface area contributed by atoms with E-state index in [9.17, 15) is 13.2 Å². The zero-order valence-corrected chi connectivity index (χ0v) is 16.7. The Labute approximate surface area is 165 Å². The normalized spacial score (nSPS) is 14.6. The van der Waals surface area contributed by atoms with Crippen LogP contribution in [-0.4, -0.2) is 27.5 Å². The molecule has 0 aliphatic carbocycles. The highest BCUT2D eigenvalue weighted by atomic mass is 32.2. The summed E-state index contributed by atoms with van der Waals surface area (Å²) in [5, 5.41) is 2.81. The van der Waals surface area contributed by atoms with Gasteiger partial charge in [-0.15, -0.1) is 0 Å². The molecule has 0 spiro atoms. The van der Waals surface area contributed by atoms with Crippen LogP contribution in [0, 0.1) is 5.92 Å². The maximum atomic E-state index is 12.7. The van der Waals surface area contributed by atoms with Crippen molar-refractivity contribution in [3.05, 3.63) is 42.5 Å². The van der Waals surface area contributed by atoms with Gasteiger partial charge in [0.2, 0.25) is 5.91 Å². The highest BCUT2D eigenvalue weighted by Crippen LogP contribution is 2.32. The molecule has 0 saturated heterocycles. The molecule has 0 saturated carbocycles. The van der Waals surface area contributed by atoms with Crippen LogP contribution >= 0.6 is 0 Å². The van der Waals surface area contributed by atoms with E-state index in [1.165, 1.54) is 12.1 Å². The fraction of sp³-hybridized carbons (Fsp3) is 0.350. The second-order valence-electron chi connectivity index (χ2n) is 6.64. The van der Waals surface area contributed by atoms with Crippen LogP contribution in [0.5, 0.6) is 11.5 Å². The summed E-state index contributed by atoms with van der Waals surface area (Å²) in [6.07, 6.45) is 1.49. The number of anilines is 2. The molecule has 150 valence electrons. The predicted molar refractivity (Wildman–Crippen MR) is 107 cm³/mol. The number of ether oxygens (including phenoxy) is 2. The molecule has 1 aliphatic heterocycles. The van der Waals surface area contributed by atoms with E-state index in [0.717, 1.165) is 12.8 Å². The summed E-state index contributed by atoms with van der Waals surface area (Å²) in [5.41, 5.74) is 1.01. The number of carbonyl (C=O) groups excluding carboxylic acids is 1. The fourth-order valence-corrected chi connectivity index (χ4v) is 3.67.